The predicted molar refractivity (Wildman–Crippen MR) is 119 cm³/mol. The van der Waals surface area contributed by atoms with Gasteiger partial charge in [0, 0.05) is 40.5 Å². The minimum Gasteiger partial charge on any atom is -0.336 e. The number of halogens is 3. The molecule has 0 bridgehead atoms. The average Bonchev–Trinajstić information content (AvgIpc) is 3.13. The summed E-state index contributed by atoms with van der Waals surface area (Å²) in [6.45, 7) is 0.927. The Morgan fingerprint density at radius 2 is 1.35 bits per heavy atom. The van der Waals surface area contributed by atoms with Crippen molar-refractivity contribution in [1.29, 1.82) is 0 Å². The zero-order valence-electron chi connectivity index (χ0n) is 13.9. The lowest BCUT2D eigenvalue weighted by Gasteiger charge is -2.17. The molecule has 0 aliphatic heterocycles. The Kier molecular flexibility index (Phi) is 9.23. The molecule has 0 atom stereocenters. The molecule has 1 heterocycles. The average molecular weight is 446 g/mol. The Morgan fingerprint density at radius 3 is 1.77 bits per heavy atom. The second kappa shape index (κ2) is 11.2. The summed E-state index contributed by atoms with van der Waals surface area (Å²) in [5, 5.41) is 1.56. The first-order valence-electron chi connectivity index (χ1n) is 7.87. The molecule has 1 aromatic heterocycles. The second-order valence-corrected chi connectivity index (χ2v) is 9.12. The zero-order chi connectivity index (χ0) is 17.5. The van der Waals surface area contributed by atoms with Crippen molar-refractivity contribution in [2.75, 3.05) is 0 Å². The van der Waals surface area contributed by atoms with Crippen LogP contribution in [0.25, 0.3) is 0 Å². The van der Waals surface area contributed by atoms with Crippen LogP contribution in [0.15, 0.2) is 67.3 Å². The van der Waals surface area contributed by atoms with Crippen molar-refractivity contribution in [1.82, 2.24) is 9.55 Å². The summed E-state index contributed by atoms with van der Waals surface area (Å²) in [5.41, 5.74) is 2.58. The van der Waals surface area contributed by atoms with Crippen molar-refractivity contribution in [2.24, 2.45) is 0 Å². The van der Waals surface area contributed by atoms with Gasteiger partial charge >= 0.3 is 0 Å². The van der Waals surface area contributed by atoms with Gasteiger partial charge in [-0.15, -0.1) is 35.9 Å². The molecular weight excluding hydrogens is 427 g/mol. The third-order valence-electron chi connectivity index (χ3n) is 3.62. The number of thioether (sulfide) groups is 2. The Labute approximate surface area is 179 Å². The Morgan fingerprint density at radius 1 is 0.846 bits per heavy atom. The molecule has 0 saturated heterocycles. The standard InChI is InChI=1S/C19H18Cl2N2S2.ClH/c20-17-5-1-15(2-6-17)12-24-19(11-23-10-9-22-14-23)25-13-16-3-7-18(21)8-4-16;/h1-10,14,19H,11-13H2;1H. The van der Waals surface area contributed by atoms with Gasteiger partial charge in [0.2, 0.25) is 0 Å². The van der Waals surface area contributed by atoms with E-state index in [1.807, 2.05) is 66.5 Å². The summed E-state index contributed by atoms with van der Waals surface area (Å²) in [4.78, 5) is 4.15. The number of hydrogen-bond donors (Lipinski definition) is 0. The molecule has 138 valence electrons. The van der Waals surface area contributed by atoms with Crippen LogP contribution >= 0.6 is 59.1 Å². The monoisotopic (exact) mass is 444 g/mol. The van der Waals surface area contributed by atoms with Crippen LogP contribution in [0.2, 0.25) is 10.0 Å². The molecule has 26 heavy (non-hydrogen) atoms. The SMILES string of the molecule is Cl.Clc1ccc(CSC(Cn2ccnc2)SCc2ccc(Cl)cc2)cc1. The highest BCUT2D eigenvalue weighted by Crippen LogP contribution is 2.31. The fourth-order valence-corrected chi connectivity index (χ4v) is 5.00. The predicted octanol–water partition coefficient (Wildman–Crippen LogP) is 6.80. The van der Waals surface area contributed by atoms with Crippen LogP contribution in [-0.4, -0.2) is 14.1 Å². The molecule has 0 radical (unpaired) electrons. The van der Waals surface area contributed by atoms with Gasteiger partial charge < -0.3 is 4.57 Å². The fourth-order valence-electron chi connectivity index (χ4n) is 2.26. The van der Waals surface area contributed by atoms with Gasteiger partial charge in [-0.05, 0) is 35.4 Å². The number of benzene rings is 2. The number of nitrogens with zero attached hydrogens (tertiary/aromatic N) is 2. The van der Waals surface area contributed by atoms with Gasteiger partial charge in [-0.3, -0.25) is 0 Å². The van der Waals surface area contributed by atoms with E-state index in [1.54, 1.807) is 0 Å². The van der Waals surface area contributed by atoms with Gasteiger partial charge in [-0.25, -0.2) is 4.98 Å². The van der Waals surface area contributed by atoms with Crippen molar-refractivity contribution in [3.05, 3.63) is 88.4 Å². The van der Waals surface area contributed by atoms with Gasteiger partial charge in [0.25, 0.3) is 0 Å². The van der Waals surface area contributed by atoms with Crippen LogP contribution in [0.5, 0.6) is 0 Å². The van der Waals surface area contributed by atoms with E-state index < -0.39 is 0 Å². The molecule has 7 heteroatoms. The Hall–Kier alpha value is -0.780. The third kappa shape index (κ3) is 7.09. The smallest absolute Gasteiger partial charge is 0.0946 e. The molecule has 2 nitrogen and oxygen atoms in total. The minimum absolute atomic E-state index is 0. The van der Waals surface area contributed by atoms with Crippen LogP contribution in [-0.2, 0) is 18.1 Å². The second-order valence-electron chi connectivity index (χ2n) is 5.56. The van der Waals surface area contributed by atoms with E-state index in [9.17, 15) is 0 Å². The van der Waals surface area contributed by atoms with E-state index in [2.05, 4.69) is 33.8 Å². The minimum atomic E-state index is 0. The van der Waals surface area contributed by atoms with E-state index in [0.29, 0.717) is 4.58 Å². The number of imidazole rings is 1. The maximum Gasteiger partial charge on any atom is 0.0946 e. The van der Waals surface area contributed by atoms with Gasteiger partial charge in [-0.2, -0.15) is 0 Å². The molecule has 0 fully saturated rings. The third-order valence-corrected chi connectivity index (χ3v) is 6.98. The van der Waals surface area contributed by atoms with Gasteiger partial charge in [-0.1, -0.05) is 47.5 Å². The van der Waals surface area contributed by atoms with Gasteiger partial charge in [0.15, 0.2) is 0 Å². The number of hydrogen-bond acceptors (Lipinski definition) is 3. The molecule has 0 saturated carbocycles. The van der Waals surface area contributed by atoms with E-state index in [-0.39, 0.29) is 12.4 Å². The van der Waals surface area contributed by atoms with Crippen LogP contribution in [0.1, 0.15) is 11.1 Å². The summed E-state index contributed by atoms with van der Waals surface area (Å²) in [5.74, 6) is 1.92. The highest BCUT2D eigenvalue weighted by Gasteiger charge is 2.12. The number of rotatable bonds is 8. The summed E-state index contributed by atoms with van der Waals surface area (Å²) in [7, 11) is 0. The highest BCUT2D eigenvalue weighted by atomic mass is 35.5. The first-order valence-corrected chi connectivity index (χ1v) is 10.7. The normalized spacial score (nSPS) is 10.7. The molecule has 0 spiro atoms. The zero-order valence-corrected chi connectivity index (χ0v) is 17.9. The molecule has 0 N–H and O–H groups in total. The van der Waals surface area contributed by atoms with Crippen LogP contribution in [0, 0.1) is 0 Å². The lowest BCUT2D eigenvalue weighted by Crippen LogP contribution is -2.09. The lowest BCUT2D eigenvalue weighted by molar-refractivity contribution is 0.750. The maximum absolute atomic E-state index is 5.97. The van der Waals surface area contributed by atoms with Gasteiger partial charge in [0.05, 0.1) is 10.9 Å². The summed E-state index contributed by atoms with van der Waals surface area (Å²) in [6, 6.07) is 16.2. The first kappa shape index (κ1) is 21.5. The molecule has 2 aromatic carbocycles. The van der Waals surface area contributed by atoms with E-state index in [4.69, 9.17) is 23.2 Å². The highest BCUT2D eigenvalue weighted by molar-refractivity contribution is 8.16. The summed E-state index contributed by atoms with van der Waals surface area (Å²) >= 11 is 15.8. The summed E-state index contributed by atoms with van der Waals surface area (Å²) < 4.78 is 2.56. The van der Waals surface area contributed by atoms with E-state index >= 15 is 0 Å². The van der Waals surface area contributed by atoms with E-state index in [1.165, 1.54) is 11.1 Å². The molecule has 3 aromatic rings. The topological polar surface area (TPSA) is 17.8 Å². The number of aromatic nitrogens is 2. The molecule has 0 aliphatic carbocycles. The van der Waals surface area contributed by atoms with Crippen molar-refractivity contribution in [3.8, 4) is 0 Å². The molecule has 3 rings (SSSR count). The molecule has 0 unspecified atom stereocenters. The van der Waals surface area contributed by atoms with Crippen molar-refractivity contribution in [2.45, 2.75) is 22.6 Å². The Bertz CT molecular complexity index is 713. The van der Waals surface area contributed by atoms with Crippen LogP contribution in [0.3, 0.4) is 0 Å². The van der Waals surface area contributed by atoms with Gasteiger partial charge in [0.1, 0.15) is 0 Å². The van der Waals surface area contributed by atoms with E-state index in [0.717, 1.165) is 28.1 Å². The first-order chi connectivity index (χ1) is 12.2. The fraction of sp³-hybridized carbons (Fsp3) is 0.211. The molecular formula is C19H19Cl3N2S2. The van der Waals surface area contributed by atoms with Crippen molar-refractivity contribution < 1.29 is 0 Å². The summed E-state index contributed by atoms with van der Waals surface area (Å²) in [6.07, 6.45) is 5.71. The van der Waals surface area contributed by atoms with Crippen molar-refractivity contribution >= 4 is 59.1 Å². The Balaban J connectivity index is 0.00000243. The van der Waals surface area contributed by atoms with Crippen molar-refractivity contribution in [3.63, 3.8) is 0 Å². The lowest BCUT2D eigenvalue weighted by atomic mass is 10.2. The maximum atomic E-state index is 5.97. The van der Waals surface area contributed by atoms with Crippen LogP contribution in [0.4, 0.5) is 0 Å². The largest absolute Gasteiger partial charge is 0.336 e. The molecule has 0 aliphatic rings. The quantitative estimate of drug-likeness (QED) is 0.355. The van der Waals surface area contributed by atoms with Crippen LogP contribution < -0.4 is 0 Å². The molecule has 0 amide bonds.